The highest BCUT2D eigenvalue weighted by atomic mass is 35.5. The van der Waals surface area contributed by atoms with Gasteiger partial charge >= 0.3 is 0 Å². The van der Waals surface area contributed by atoms with Gasteiger partial charge in [-0.2, -0.15) is 0 Å². The number of hydrogen-bond acceptors (Lipinski definition) is 3. The van der Waals surface area contributed by atoms with E-state index in [4.69, 9.17) is 11.6 Å². The summed E-state index contributed by atoms with van der Waals surface area (Å²) in [4.78, 5) is 15.8. The minimum Gasteiger partial charge on any atom is -0.392 e. The van der Waals surface area contributed by atoms with Crippen molar-refractivity contribution in [1.82, 2.24) is 10.3 Å². The molecule has 1 aliphatic rings. The molecule has 2 rings (SSSR count). The van der Waals surface area contributed by atoms with Gasteiger partial charge in [-0.1, -0.05) is 31.5 Å². The van der Waals surface area contributed by atoms with Crippen LogP contribution in [-0.2, 0) is 0 Å². The van der Waals surface area contributed by atoms with E-state index in [2.05, 4.69) is 10.3 Å². The van der Waals surface area contributed by atoms with Crippen LogP contribution < -0.4 is 5.32 Å². The third-order valence-electron chi connectivity index (χ3n) is 3.47. The first-order valence-electron chi connectivity index (χ1n) is 5.53. The average molecular weight is 255 g/mol. The van der Waals surface area contributed by atoms with E-state index in [9.17, 15) is 9.90 Å². The molecule has 0 spiro atoms. The molecular formula is C12H15ClN2O2. The number of carbonyl (C=O) groups excluding carboxylic acids is 1. The SMILES string of the molecule is CC1(C)C(O)CC1NC(=O)c1cccc(Cl)n1. The Balaban J connectivity index is 2.04. The van der Waals surface area contributed by atoms with Crippen molar-refractivity contribution in [1.29, 1.82) is 0 Å². The maximum atomic E-state index is 11.9. The number of nitrogens with zero attached hydrogens (tertiary/aromatic N) is 1. The summed E-state index contributed by atoms with van der Waals surface area (Å²) in [5, 5.41) is 12.7. The number of carbonyl (C=O) groups is 1. The van der Waals surface area contributed by atoms with Crippen LogP contribution in [0.3, 0.4) is 0 Å². The molecule has 1 heterocycles. The van der Waals surface area contributed by atoms with Crippen molar-refractivity contribution < 1.29 is 9.90 Å². The van der Waals surface area contributed by atoms with Gasteiger partial charge in [-0.15, -0.1) is 0 Å². The van der Waals surface area contributed by atoms with Gasteiger partial charge in [-0.25, -0.2) is 4.98 Å². The lowest BCUT2D eigenvalue weighted by Gasteiger charge is -2.49. The van der Waals surface area contributed by atoms with Crippen LogP contribution in [0.1, 0.15) is 30.8 Å². The number of hydrogen-bond donors (Lipinski definition) is 2. The number of halogens is 1. The number of aromatic nitrogens is 1. The molecule has 2 N–H and O–H groups in total. The number of aliphatic hydroxyl groups excluding tert-OH is 1. The highest BCUT2D eigenvalue weighted by Gasteiger charge is 2.48. The summed E-state index contributed by atoms with van der Waals surface area (Å²) < 4.78 is 0. The summed E-state index contributed by atoms with van der Waals surface area (Å²) in [6.07, 6.45) is 0.222. The maximum Gasteiger partial charge on any atom is 0.270 e. The van der Waals surface area contributed by atoms with Crippen LogP contribution in [0.25, 0.3) is 0 Å². The second-order valence-electron chi connectivity index (χ2n) is 4.94. The van der Waals surface area contributed by atoms with Crippen molar-refractivity contribution in [3.05, 3.63) is 29.0 Å². The zero-order chi connectivity index (χ0) is 12.6. The minimum absolute atomic E-state index is 0.0224. The molecule has 4 nitrogen and oxygen atoms in total. The first-order chi connectivity index (χ1) is 7.91. The Kier molecular flexibility index (Phi) is 3.10. The zero-order valence-corrected chi connectivity index (χ0v) is 10.5. The summed E-state index contributed by atoms with van der Waals surface area (Å²) in [6, 6.07) is 4.90. The van der Waals surface area contributed by atoms with Gasteiger partial charge in [0.25, 0.3) is 5.91 Å². The van der Waals surface area contributed by atoms with Gasteiger partial charge in [-0.3, -0.25) is 4.79 Å². The maximum absolute atomic E-state index is 11.9. The molecule has 0 aromatic carbocycles. The molecule has 92 valence electrons. The van der Waals surface area contributed by atoms with E-state index in [0.29, 0.717) is 17.3 Å². The van der Waals surface area contributed by atoms with Gasteiger partial charge in [0.15, 0.2) is 0 Å². The Morgan fingerprint density at radius 1 is 1.59 bits per heavy atom. The van der Waals surface area contributed by atoms with E-state index in [0.717, 1.165) is 0 Å². The molecule has 1 amide bonds. The molecule has 1 fully saturated rings. The zero-order valence-electron chi connectivity index (χ0n) is 9.77. The van der Waals surface area contributed by atoms with Crippen molar-refractivity contribution in [2.75, 3.05) is 0 Å². The summed E-state index contributed by atoms with van der Waals surface area (Å²) in [5.41, 5.74) is 0.0171. The lowest BCUT2D eigenvalue weighted by Crippen LogP contribution is -2.61. The first kappa shape index (κ1) is 12.3. The number of pyridine rings is 1. The molecule has 0 radical (unpaired) electrons. The van der Waals surface area contributed by atoms with Gasteiger partial charge < -0.3 is 10.4 Å². The standard InChI is InChI=1S/C12H15ClN2O2/c1-12(2)8(6-9(12)16)15-11(17)7-4-3-5-10(13)14-7/h3-5,8-9,16H,6H2,1-2H3,(H,15,17). The largest absolute Gasteiger partial charge is 0.392 e. The molecule has 5 heteroatoms. The normalized spacial score (nSPS) is 26.1. The van der Waals surface area contributed by atoms with E-state index < -0.39 is 0 Å². The molecule has 0 saturated heterocycles. The second kappa shape index (κ2) is 4.27. The first-order valence-corrected chi connectivity index (χ1v) is 5.90. The molecule has 2 unspecified atom stereocenters. The van der Waals surface area contributed by atoms with Gasteiger partial charge in [0.05, 0.1) is 6.10 Å². The molecular weight excluding hydrogens is 240 g/mol. The van der Waals surface area contributed by atoms with E-state index in [-0.39, 0.29) is 23.5 Å². The Labute approximate surface area is 105 Å². The van der Waals surface area contributed by atoms with Gasteiger partial charge in [0, 0.05) is 11.5 Å². The van der Waals surface area contributed by atoms with Crippen molar-refractivity contribution >= 4 is 17.5 Å². The van der Waals surface area contributed by atoms with Crippen molar-refractivity contribution in [3.8, 4) is 0 Å². The fourth-order valence-corrected chi connectivity index (χ4v) is 2.08. The van der Waals surface area contributed by atoms with Crippen molar-refractivity contribution in [3.63, 3.8) is 0 Å². The third kappa shape index (κ3) is 2.28. The Morgan fingerprint density at radius 3 is 2.82 bits per heavy atom. The predicted molar refractivity (Wildman–Crippen MR) is 64.9 cm³/mol. The predicted octanol–water partition coefficient (Wildman–Crippen LogP) is 1.62. The molecule has 0 aliphatic heterocycles. The number of aliphatic hydroxyl groups is 1. The molecule has 1 aliphatic carbocycles. The molecule has 1 saturated carbocycles. The third-order valence-corrected chi connectivity index (χ3v) is 3.68. The van der Waals surface area contributed by atoms with Crippen LogP contribution in [0.15, 0.2) is 18.2 Å². The van der Waals surface area contributed by atoms with Crippen molar-refractivity contribution in [2.45, 2.75) is 32.4 Å². The Morgan fingerprint density at radius 2 is 2.29 bits per heavy atom. The van der Waals surface area contributed by atoms with Crippen LogP contribution in [0.2, 0.25) is 5.15 Å². The smallest absolute Gasteiger partial charge is 0.270 e. The lowest BCUT2D eigenvalue weighted by molar-refractivity contribution is -0.0690. The Hall–Kier alpha value is -1.13. The van der Waals surface area contributed by atoms with E-state index >= 15 is 0 Å². The fourth-order valence-electron chi connectivity index (χ4n) is 1.91. The number of amides is 1. The van der Waals surface area contributed by atoms with Crippen LogP contribution >= 0.6 is 11.6 Å². The summed E-state index contributed by atoms with van der Waals surface area (Å²) in [7, 11) is 0. The molecule has 17 heavy (non-hydrogen) atoms. The average Bonchev–Trinajstić information content (AvgIpc) is 2.28. The monoisotopic (exact) mass is 254 g/mol. The minimum atomic E-state index is -0.361. The summed E-state index contributed by atoms with van der Waals surface area (Å²) in [5.74, 6) is -0.252. The van der Waals surface area contributed by atoms with Crippen LogP contribution in [-0.4, -0.2) is 28.1 Å². The van der Waals surface area contributed by atoms with E-state index in [1.165, 1.54) is 0 Å². The topological polar surface area (TPSA) is 62.2 Å². The van der Waals surface area contributed by atoms with Gasteiger partial charge in [0.2, 0.25) is 0 Å². The summed E-state index contributed by atoms with van der Waals surface area (Å²) >= 11 is 5.72. The fraction of sp³-hybridized carbons (Fsp3) is 0.500. The highest BCUT2D eigenvalue weighted by Crippen LogP contribution is 2.40. The molecule has 0 bridgehead atoms. The van der Waals surface area contributed by atoms with Gasteiger partial charge in [-0.05, 0) is 18.6 Å². The Bertz CT molecular complexity index is 448. The molecule has 1 aromatic rings. The summed E-state index contributed by atoms with van der Waals surface area (Å²) in [6.45, 7) is 3.86. The van der Waals surface area contributed by atoms with Crippen LogP contribution in [0.4, 0.5) is 0 Å². The lowest BCUT2D eigenvalue weighted by atomic mass is 9.64. The molecule has 2 atom stereocenters. The van der Waals surface area contributed by atoms with Crippen molar-refractivity contribution in [2.24, 2.45) is 5.41 Å². The van der Waals surface area contributed by atoms with Gasteiger partial charge in [0.1, 0.15) is 10.8 Å². The highest BCUT2D eigenvalue weighted by molar-refractivity contribution is 6.29. The number of nitrogens with one attached hydrogen (secondary N) is 1. The van der Waals surface area contributed by atoms with Crippen LogP contribution in [0.5, 0.6) is 0 Å². The number of rotatable bonds is 2. The molecule has 1 aromatic heterocycles. The quantitative estimate of drug-likeness (QED) is 0.789. The van der Waals surface area contributed by atoms with E-state index in [1.807, 2.05) is 13.8 Å². The van der Waals surface area contributed by atoms with Crippen LogP contribution in [0, 0.1) is 5.41 Å². The second-order valence-corrected chi connectivity index (χ2v) is 5.33. The van der Waals surface area contributed by atoms with E-state index in [1.54, 1.807) is 18.2 Å².